The van der Waals surface area contributed by atoms with Crippen LogP contribution in [-0.4, -0.2) is 25.9 Å². The molecule has 0 spiro atoms. The van der Waals surface area contributed by atoms with Gasteiger partial charge in [0.15, 0.2) is 0 Å². The predicted molar refractivity (Wildman–Crippen MR) is 88.5 cm³/mol. The molecule has 0 aromatic rings. The molecule has 0 N–H and O–H groups in total. The molecule has 0 aliphatic heterocycles. The summed E-state index contributed by atoms with van der Waals surface area (Å²) in [6.45, 7) is 4.25. The summed E-state index contributed by atoms with van der Waals surface area (Å²) >= 11 is 5.56. The van der Waals surface area contributed by atoms with Gasteiger partial charge in [0.2, 0.25) is 0 Å². The van der Waals surface area contributed by atoms with E-state index in [9.17, 15) is 0 Å². The number of hydrogen-bond acceptors (Lipinski definition) is 2. The van der Waals surface area contributed by atoms with Gasteiger partial charge >= 0.3 is 0 Å². The van der Waals surface area contributed by atoms with Crippen LogP contribution in [0.25, 0.3) is 0 Å². The van der Waals surface area contributed by atoms with Crippen LogP contribution in [-0.2, 0) is 9.47 Å². The number of hydrogen-bond donors (Lipinski definition) is 0. The molecule has 0 saturated heterocycles. The lowest BCUT2D eigenvalue weighted by Crippen LogP contribution is -2.02. The fourth-order valence-corrected chi connectivity index (χ4v) is 2.09. The van der Waals surface area contributed by atoms with Crippen molar-refractivity contribution in [2.45, 2.75) is 71.1 Å². The molecule has 0 unspecified atom stereocenters. The topological polar surface area (TPSA) is 18.5 Å². The van der Waals surface area contributed by atoms with Crippen molar-refractivity contribution in [2.75, 3.05) is 25.9 Å². The maximum atomic E-state index is 5.56. The lowest BCUT2D eigenvalue weighted by atomic mass is 10.1. The van der Waals surface area contributed by atoms with Crippen molar-refractivity contribution in [2.24, 2.45) is 0 Å². The Bertz CT molecular complexity index is 195. The second-order valence-electron chi connectivity index (χ2n) is 5.15. The van der Waals surface area contributed by atoms with E-state index in [1.807, 2.05) is 0 Å². The van der Waals surface area contributed by atoms with Crippen LogP contribution in [0.15, 0.2) is 12.2 Å². The molecule has 0 aliphatic carbocycles. The zero-order chi connectivity index (χ0) is 14.7. The molecule has 0 saturated carbocycles. The summed E-state index contributed by atoms with van der Waals surface area (Å²) in [7, 11) is 0. The highest BCUT2D eigenvalue weighted by Gasteiger charge is 1.92. The molecule has 0 aromatic heterocycles. The molecular formula is C17H33ClO2. The van der Waals surface area contributed by atoms with E-state index < -0.39 is 0 Å². The van der Waals surface area contributed by atoms with Crippen molar-refractivity contribution in [3.63, 3.8) is 0 Å². The minimum Gasteiger partial charge on any atom is -0.355 e. The molecule has 120 valence electrons. The Kier molecular flexibility index (Phi) is 18.9. The van der Waals surface area contributed by atoms with Gasteiger partial charge in [0.25, 0.3) is 0 Å². The second-order valence-corrected chi connectivity index (χ2v) is 5.52. The molecule has 2 nitrogen and oxygen atoms in total. The lowest BCUT2D eigenvalue weighted by molar-refractivity contribution is -0.0531. The van der Waals surface area contributed by atoms with E-state index in [0.29, 0.717) is 12.7 Å². The van der Waals surface area contributed by atoms with Gasteiger partial charge in [-0.15, -0.1) is 11.6 Å². The van der Waals surface area contributed by atoms with E-state index in [0.717, 1.165) is 32.5 Å². The van der Waals surface area contributed by atoms with Crippen molar-refractivity contribution >= 4 is 11.6 Å². The molecule has 0 rings (SSSR count). The number of rotatable bonds is 16. The van der Waals surface area contributed by atoms with Crippen LogP contribution in [0, 0.1) is 0 Å². The maximum absolute atomic E-state index is 5.56. The zero-order valence-electron chi connectivity index (χ0n) is 13.2. The first-order valence-electron chi connectivity index (χ1n) is 8.28. The van der Waals surface area contributed by atoms with Crippen molar-refractivity contribution < 1.29 is 9.47 Å². The third kappa shape index (κ3) is 17.9. The van der Waals surface area contributed by atoms with Gasteiger partial charge in [-0.2, -0.15) is 0 Å². The first-order valence-corrected chi connectivity index (χ1v) is 8.81. The SMILES string of the molecule is CCCCCCCCCCOCOCC/C=C/CCCl. The molecular weight excluding hydrogens is 272 g/mol. The second kappa shape index (κ2) is 18.9. The monoisotopic (exact) mass is 304 g/mol. The number of unbranched alkanes of at least 4 members (excludes halogenated alkanes) is 7. The molecule has 0 fully saturated rings. The Morgan fingerprint density at radius 1 is 0.750 bits per heavy atom. The van der Waals surface area contributed by atoms with Crippen LogP contribution in [0.3, 0.4) is 0 Å². The first-order chi connectivity index (χ1) is 9.91. The van der Waals surface area contributed by atoms with Crippen molar-refractivity contribution in [3.05, 3.63) is 12.2 Å². The fraction of sp³-hybridized carbons (Fsp3) is 0.882. The summed E-state index contributed by atoms with van der Waals surface area (Å²) in [5.41, 5.74) is 0. The summed E-state index contributed by atoms with van der Waals surface area (Å²) in [6, 6.07) is 0. The Hall–Kier alpha value is -0.0500. The van der Waals surface area contributed by atoms with Crippen molar-refractivity contribution in [3.8, 4) is 0 Å². The summed E-state index contributed by atoms with van der Waals surface area (Å²) in [6.07, 6.45) is 16.8. The number of alkyl halides is 1. The molecule has 0 atom stereocenters. The minimum atomic E-state index is 0.430. The van der Waals surface area contributed by atoms with Crippen LogP contribution >= 0.6 is 11.6 Å². The van der Waals surface area contributed by atoms with Crippen LogP contribution in [0.4, 0.5) is 0 Å². The van der Waals surface area contributed by atoms with E-state index in [-0.39, 0.29) is 0 Å². The molecule has 0 bridgehead atoms. The predicted octanol–water partition coefficient (Wildman–Crippen LogP) is 5.69. The Morgan fingerprint density at radius 2 is 1.35 bits per heavy atom. The largest absolute Gasteiger partial charge is 0.355 e. The Morgan fingerprint density at radius 3 is 2.05 bits per heavy atom. The van der Waals surface area contributed by atoms with Gasteiger partial charge in [-0.3, -0.25) is 0 Å². The van der Waals surface area contributed by atoms with Crippen molar-refractivity contribution in [1.82, 2.24) is 0 Å². The van der Waals surface area contributed by atoms with Crippen molar-refractivity contribution in [1.29, 1.82) is 0 Å². The Labute approximate surface area is 130 Å². The zero-order valence-corrected chi connectivity index (χ0v) is 14.0. The van der Waals surface area contributed by atoms with Crippen LogP contribution in [0.1, 0.15) is 71.1 Å². The Balaban J connectivity index is 2.96. The maximum Gasteiger partial charge on any atom is 0.146 e. The molecule has 3 heteroatoms. The highest BCUT2D eigenvalue weighted by molar-refractivity contribution is 6.17. The van der Waals surface area contributed by atoms with Gasteiger partial charge in [0.1, 0.15) is 6.79 Å². The summed E-state index contributed by atoms with van der Waals surface area (Å²) in [4.78, 5) is 0. The lowest BCUT2D eigenvalue weighted by Gasteiger charge is -2.05. The molecule has 0 aliphatic rings. The van der Waals surface area contributed by atoms with E-state index >= 15 is 0 Å². The number of halogens is 1. The van der Waals surface area contributed by atoms with Crippen LogP contribution in [0.5, 0.6) is 0 Å². The smallest absolute Gasteiger partial charge is 0.146 e. The average molecular weight is 305 g/mol. The van der Waals surface area contributed by atoms with Gasteiger partial charge in [-0.1, -0.05) is 64.0 Å². The van der Waals surface area contributed by atoms with Crippen LogP contribution in [0.2, 0.25) is 0 Å². The number of ether oxygens (including phenoxy) is 2. The number of allylic oxidation sites excluding steroid dienone is 1. The highest BCUT2D eigenvalue weighted by atomic mass is 35.5. The normalized spacial score (nSPS) is 11.5. The third-order valence-corrected chi connectivity index (χ3v) is 3.40. The average Bonchev–Trinajstić information content (AvgIpc) is 2.47. The molecule has 0 aromatic carbocycles. The fourth-order valence-electron chi connectivity index (χ4n) is 1.96. The first kappa shape index (κ1) is 19.9. The van der Waals surface area contributed by atoms with Gasteiger partial charge in [-0.05, 0) is 19.3 Å². The standard InChI is InChI=1S/C17H33ClO2/c1-2-3-4-5-6-7-9-12-15-19-17-20-16-13-10-8-11-14-18/h8,10H,2-7,9,11-17H2,1H3/b10-8+. The molecule has 0 heterocycles. The molecule has 0 radical (unpaired) electrons. The van der Waals surface area contributed by atoms with E-state index in [2.05, 4.69) is 19.1 Å². The van der Waals surface area contributed by atoms with Gasteiger partial charge < -0.3 is 9.47 Å². The van der Waals surface area contributed by atoms with E-state index in [4.69, 9.17) is 21.1 Å². The highest BCUT2D eigenvalue weighted by Crippen LogP contribution is 2.08. The summed E-state index contributed by atoms with van der Waals surface area (Å²) in [5.74, 6) is 0.694. The van der Waals surface area contributed by atoms with Gasteiger partial charge in [-0.25, -0.2) is 0 Å². The van der Waals surface area contributed by atoms with E-state index in [1.54, 1.807) is 0 Å². The van der Waals surface area contributed by atoms with Gasteiger partial charge in [0.05, 0.1) is 6.61 Å². The summed E-state index contributed by atoms with van der Waals surface area (Å²) < 4.78 is 10.8. The van der Waals surface area contributed by atoms with E-state index in [1.165, 1.54) is 44.9 Å². The summed E-state index contributed by atoms with van der Waals surface area (Å²) in [5, 5.41) is 0. The quantitative estimate of drug-likeness (QED) is 0.158. The molecule has 20 heavy (non-hydrogen) atoms. The van der Waals surface area contributed by atoms with Crippen LogP contribution < -0.4 is 0 Å². The minimum absolute atomic E-state index is 0.430. The van der Waals surface area contributed by atoms with Gasteiger partial charge in [0, 0.05) is 12.5 Å². The third-order valence-electron chi connectivity index (χ3n) is 3.18. The molecule has 0 amide bonds.